The Morgan fingerprint density at radius 3 is 2.86 bits per heavy atom. The van der Waals surface area contributed by atoms with Crippen LogP contribution in [0.1, 0.15) is 18.4 Å². The van der Waals surface area contributed by atoms with Crippen LogP contribution < -0.4 is 11.1 Å². The molecule has 0 unspecified atom stereocenters. The summed E-state index contributed by atoms with van der Waals surface area (Å²) in [6, 6.07) is 2.32. The molecule has 1 aliphatic rings. The van der Waals surface area contributed by atoms with Gasteiger partial charge in [-0.3, -0.25) is 0 Å². The third kappa shape index (κ3) is 3.26. The molecule has 118 valence electrons. The molecule has 2 aromatic heterocycles. The normalized spacial score (nSPS) is 17.0. The molecule has 3 N–H and O–H groups in total. The Balaban J connectivity index is 1.81. The van der Waals surface area contributed by atoms with E-state index in [0.717, 1.165) is 36.9 Å². The first kappa shape index (κ1) is 14.9. The van der Waals surface area contributed by atoms with Gasteiger partial charge >= 0.3 is 0 Å². The lowest BCUT2D eigenvalue weighted by molar-refractivity contribution is 0.184. The lowest BCUT2D eigenvalue weighted by Crippen LogP contribution is -2.37. The number of piperidine rings is 1. The van der Waals surface area contributed by atoms with Crippen molar-refractivity contribution >= 4 is 22.8 Å². The average molecular weight is 302 g/mol. The van der Waals surface area contributed by atoms with Crippen molar-refractivity contribution in [3.05, 3.63) is 17.8 Å². The van der Waals surface area contributed by atoms with E-state index in [2.05, 4.69) is 32.2 Å². The number of nitrogens with two attached hydrogens (primary N) is 1. The van der Waals surface area contributed by atoms with Crippen LogP contribution in [0.2, 0.25) is 0 Å². The number of rotatable bonds is 4. The monoisotopic (exact) mass is 302 g/mol. The molecule has 0 aromatic carbocycles. The van der Waals surface area contributed by atoms with E-state index in [-0.39, 0.29) is 0 Å². The van der Waals surface area contributed by atoms with Crippen LogP contribution in [0, 0.1) is 0 Å². The highest BCUT2D eigenvalue weighted by Gasteiger charge is 2.18. The Hall–Kier alpha value is -1.99. The highest BCUT2D eigenvalue weighted by Crippen LogP contribution is 2.21. The Morgan fingerprint density at radius 1 is 1.36 bits per heavy atom. The van der Waals surface area contributed by atoms with Gasteiger partial charge in [-0.1, -0.05) is 0 Å². The second-order valence-corrected chi connectivity index (χ2v) is 5.80. The van der Waals surface area contributed by atoms with Crippen molar-refractivity contribution in [3.8, 4) is 0 Å². The van der Waals surface area contributed by atoms with Crippen molar-refractivity contribution in [2.24, 2.45) is 0 Å². The maximum Gasteiger partial charge on any atom is 0.226 e. The molecule has 0 amide bonds. The van der Waals surface area contributed by atoms with Crippen LogP contribution in [0.4, 0.5) is 11.8 Å². The Kier molecular flexibility index (Phi) is 4.35. The molecule has 0 atom stereocenters. The number of ether oxygens (including phenoxy) is 1. The zero-order valence-electron chi connectivity index (χ0n) is 13.0. The third-order valence-electron chi connectivity index (χ3n) is 4.00. The predicted molar refractivity (Wildman–Crippen MR) is 86.6 cm³/mol. The van der Waals surface area contributed by atoms with Crippen LogP contribution in [0.25, 0.3) is 11.0 Å². The average Bonchev–Trinajstić information content (AvgIpc) is 2.51. The van der Waals surface area contributed by atoms with E-state index in [4.69, 9.17) is 10.5 Å². The van der Waals surface area contributed by atoms with Gasteiger partial charge in [-0.2, -0.15) is 9.97 Å². The first-order valence-corrected chi connectivity index (χ1v) is 7.52. The lowest BCUT2D eigenvalue weighted by atomic mass is 10.1. The second-order valence-electron chi connectivity index (χ2n) is 5.80. The summed E-state index contributed by atoms with van der Waals surface area (Å²) in [7, 11) is 3.79. The van der Waals surface area contributed by atoms with Gasteiger partial charge in [0, 0.05) is 19.3 Å². The molecule has 1 saturated heterocycles. The fourth-order valence-corrected chi connectivity index (χ4v) is 2.72. The van der Waals surface area contributed by atoms with E-state index < -0.39 is 0 Å². The smallest absolute Gasteiger partial charge is 0.226 e. The highest BCUT2D eigenvalue weighted by molar-refractivity contribution is 5.86. The molecule has 0 spiro atoms. The van der Waals surface area contributed by atoms with E-state index in [1.165, 1.54) is 0 Å². The van der Waals surface area contributed by atoms with Gasteiger partial charge in [0.2, 0.25) is 5.95 Å². The molecule has 7 nitrogen and oxygen atoms in total. The largest absolute Gasteiger partial charge is 0.383 e. The van der Waals surface area contributed by atoms with Gasteiger partial charge in [-0.15, -0.1) is 0 Å². The molecular formula is C15H22N6O. The molecule has 0 radical (unpaired) electrons. The molecule has 1 fully saturated rings. The first-order valence-electron chi connectivity index (χ1n) is 7.52. The Bertz CT molecular complexity index is 654. The van der Waals surface area contributed by atoms with Gasteiger partial charge in [0.1, 0.15) is 5.82 Å². The molecule has 0 bridgehead atoms. The number of nitrogens with one attached hydrogen (secondary N) is 1. The minimum atomic E-state index is 0.390. The number of anilines is 2. The van der Waals surface area contributed by atoms with Gasteiger partial charge in [-0.05, 0) is 44.6 Å². The number of methoxy groups -OCH3 is 1. The Morgan fingerprint density at radius 2 is 2.14 bits per heavy atom. The number of hydrogen-bond acceptors (Lipinski definition) is 7. The number of hydrogen-bond donors (Lipinski definition) is 2. The summed E-state index contributed by atoms with van der Waals surface area (Å²) >= 11 is 0. The minimum absolute atomic E-state index is 0.390. The zero-order chi connectivity index (χ0) is 15.5. The van der Waals surface area contributed by atoms with Crippen molar-refractivity contribution in [3.63, 3.8) is 0 Å². The summed E-state index contributed by atoms with van der Waals surface area (Å²) < 4.78 is 5.11. The van der Waals surface area contributed by atoms with Crippen LogP contribution in [0.5, 0.6) is 0 Å². The summed E-state index contributed by atoms with van der Waals surface area (Å²) in [5.41, 5.74) is 7.64. The van der Waals surface area contributed by atoms with Crippen molar-refractivity contribution in [2.45, 2.75) is 25.5 Å². The summed E-state index contributed by atoms with van der Waals surface area (Å²) in [6.45, 7) is 2.66. The maximum absolute atomic E-state index is 6.07. The van der Waals surface area contributed by atoms with E-state index in [9.17, 15) is 0 Å². The summed E-state index contributed by atoms with van der Waals surface area (Å²) in [5.74, 6) is 1.01. The summed E-state index contributed by atoms with van der Waals surface area (Å²) in [5, 5.41) is 4.15. The van der Waals surface area contributed by atoms with Gasteiger partial charge < -0.3 is 20.7 Å². The number of aromatic nitrogens is 3. The quantitative estimate of drug-likeness (QED) is 0.878. The number of fused-ring (bicyclic) bond motifs is 1. The van der Waals surface area contributed by atoms with Crippen LogP contribution in [-0.2, 0) is 11.3 Å². The number of pyridine rings is 1. The van der Waals surface area contributed by atoms with Crippen LogP contribution >= 0.6 is 0 Å². The van der Waals surface area contributed by atoms with Crippen molar-refractivity contribution in [1.29, 1.82) is 0 Å². The van der Waals surface area contributed by atoms with Crippen LogP contribution in [-0.4, -0.2) is 53.1 Å². The summed E-state index contributed by atoms with van der Waals surface area (Å²) in [6.07, 6.45) is 3.92. The molecule has 2 aromatic rings. The molecular weight excluding hydrogens is 280 g/mol. The number of likely N-dealkylation sites (tertiary alicyclic amines) is 1. The SMILES string of the molecule is COCc1cnc2nc(NC3CCN(C)CC3)nc(N)c2c1. The van der Waals surface area contributed by atoms with E-state index >= 15 is 0 Å². The fourth-order valence-electron chi connectivity index (χ4n) is 2.72. The third-order valence-corrected chi connectivity index (χ3v) is 4.00. The molecule has 3 rings (SSSR count). The predicted octanol–water partition coefficient (Wildman–Crippen LogP) is 1.26. The maximum atomic E-state index is 6.07. The van der Waals surface area contributed by atoms with E-state index in [1.807, 2.05) is 6.07 Å². The van der Waals surface area contributed by atoms with Crippen molar-refractivity contribution in [2.75, 3.05) is 38.3 Å². The Labute approximate surface area is 129 Å². The summed E-state index contributed by atoms with van der Waals surface area (Å²) in [4.78, 5) is 15.6. The van der Waals surface area contributed by atoms with Crippen molar-refractivity contribution in [1.82, 2.24) is 19.9 Å². The number of nitrogens with zero attached hydrogens (tertiary/aromatic N) is 4. The topological polar surface area (TPSA) is 89.2 Å². The first-order chi connectivity index (χ1) is 10.7. The molecule has 0 saturated carbocycles. The molecule has 3 heterocycles. The number of nitrogen functional groups attached to an aromatic ring is 1. The molecule has 1 aliphatic heterocycles. The molecule has 0 aliphatic carbocycles. The van der Waals surface area contributed by atoms with Crippen molar-refractivity contribution < 1.29 is 4.74 Å². The van der Waals surface area contributed by atoms with Gasteiger partial charge in [-0.25, -0.2) is 4.98 Å². The molecule has 22 heavy (non-hydrogen) atoms. The van der Waals surface area contributed by atoms with Crippen LogP contribution in [0.15, 0.2) is 12.3 Å². The zero-order valence-corrected chi connectivity index (χ0v) is 13.0. The second kappa shape index (κ2) is 6.41. The van der Waals surface area contributed by atoms with E-state index in [1.54, 1.807) is 13.3 Å². The van der Waals surface area contributed by atoms with Crippen LogP contribution in [0.3, 0.4) is 0 Å². The fraction of sp³-hybridized carbons (Fsp3) is 0.533. The van der Waals surface area contributed by atoms with Gasteiger partial charge in [0.25, 0.3) is 0 Å². The van der Waals surface area contributed by atoms with Gasteiger partial charge in [0.15, 0.2) is 5.65 Å². The van der Waals surface area contributed by atoms with E-state index in [0.29, 0.717) is 30.1 Å². The lowest BCUT2D eigenvalue weighted by Gasteiger charge is -2.29. The highest BCUT2D eigenvalue weighted by atomic mass is 16.5. The molecule has 7 heteroatoms. The minimum Gasteiger partial charge on any atom is -0.383 e. The standard InChI is InChI=1S/C15H22N6O/c1-21-5-3-11(4-6-21)18-15-19-13(16)12-7-10(9-22-2)8-17-14(12)20-15/h7-8,11H,3-6,9H2,1-2H3,(H3,16,17,18,19,20). The van der Waals surface area contributed by atoms with Gasteiger partial charge in [0.05, 0.1) is 12.0 Å².